The molecule has 0 aliphatic rings. The quantitative estimate of drug-likeness (QED) is 0.208. The van der Waals surface area contributed by atoms with Gasteiger partial charge in [0.25, 0.3) is 0 Å². The maximum absolute atomic E-state index is 13.0. The van der Waals surface area contributed by atoms with Crippen molar-refractivity contribution in [3.8, 4) is 11.4 Å². The molecule has 0 saturated carbocycles. The summed E-state index contributed by atoms with van der Waals surface area (Å²) in [6.07, 6.45) is -2.70. The van der Waals surface area contributed by atoms with Crippen LogP contribution in [0.25, 0.3) is 32.6 Å². The van der Waals surface area contributed by atoms with E-state index in [1.807, 2.05) is 16.7 Å². The first-order chi connectivity index (χ1) is 18.6. The fourth-order valence-corrected chi connectivity index (χ4v) is 5.81. The van der Waals surface area contributed by atoms with E-state index in [1.54, 1.807) is 17.7 Å². The number of nitrogens with one attached hydrogen (secondary N) is 1. The van der Waals surface area contributed by atoms with Gasteiger partial charge in [0.05, 0.1) is 18.4 Å². The molecule has 3 aromatic heterocycles. The molecule has 204 valence electrons. The van der Waals surface area contributed by atoms with E-state index in [1.165, 1.54) is 12.1 Å². The molecule has 10 heteroatoms. The summed E-state index contributed by atoms with van der Waals surface area (Å²) in [7, 11) is 0. The summed E-state index contributed by atoms with van der Waals surface area (Å²) in [6.45, 7) is 10.6. The van der Waals surface area contributed by atoms with Crippen LogP contribution >= 0.6 is 11.3 Å². The Morgan fingerprint density at radius 2 is 1.69 bits per heavy atom. The fourth-order valence-electron chi connectivity index (χ4n) is 4.87. The molecule has 0 fully saturated rings. The van der Waals surface area contributed by atoms with Gasteiger partial charge in [-0.3, -0.25) is 4.90 Å². The molecule has 0 spiro atoms. The number of thiophene rings is 1. The first-order valence-corrected chi connectivity index (χ1v) is 13.8. The number of alkyl halides is 3. The smallest absolute Gasteiger partial charge is 0.367 e. The second-order valence-electron chi connectivity index (χ2n) is 10.1. The lowest BCUT2D eigenvalue weighted by Crippen LogP contribution is -2.40. The highest BCUT2D eigenvalue weighted by Gasteiger charge is 2.30. The van der Waals surface area contributed by atoms with Crippen molar-refractivity contribution in [2.45, 2.75) is 52.5 Å². The number of benzene rings is 2. The zero-order valence-electron chi connectivity index (χ0n) is 22.3. The number of imidazole rings is 1. The second kappa shape index (κ2) is 10.9. The van der Waals surface area contributed by atoms with Gasteiger partial charge in [0.15, 0.2) is 17.3 Å². The molecule has 0 aliphatic heterocycles. The van der Waals surface area contributed by atoms with Crippen molar-refractivity contribution in [1.29, 1.82) is 0 Å². The van der Waals surface area contributed by atoms with Crippen molar-refractivity contribution < 1.29 is 13.2 Å². The Morgan fingerprint density at radius 1 is 0.974 bits per heavy atom. The van der Waals surface area contributed by atoms with Gasteiger partial charge in [0.2, 0.25) is 0 Å². The molecule has 0 saturated heterocycles. The number of nitrogens with zero attached hydrogens (tertiary/aromatic N) is 5. The van der Waals surface area contributed by atoms with Gasteiger partial charge in [0.1, 0.15) is 5.52 Å². The molecule has 5 rings (SSSR count). The zero-order valence-corrected chi connectivity index (χ0v) is 23.1. The normalized spacial score (nSPS) is 12.5. The minimum Gasteiger partial charge on any atom is -0.367 e. The molecular weight excluding hydrogens is 521 g/mol. The fraction of sp³-hybridized carbons (Fsp3) is 0.345. The average molecular weight is 553 g/mol. The van der Waals surface area contributed by atoms with Crippen LogP contribution in [0.5, 0.6) is 0 Å². The van der Waals surface area contributed by atoms with Crippen molar-refractivity contribution in [2.75, 3.05) is 18.4 Å². The Morgan fingerprint density at radius 3 is 2.38 bits per heavy atom. The lowest BCUT2D eigenvalue weighted by molar-refractivity contribution is -0.137. The molecule has 3 heterocycles. The molecule has 0 bridgehead atoms. The van der Waals surface area contributed by atoms with Crippen molar-refractivity contribution >= 4 is 38.4 Å². The highest BCUT2D eigenvalue weighted by atomic mass is 32.1. The van der Waals surface area contributed by atoms with Crippen LogP contribution in [0.15, 0.2) is 60.2 Å². The first kappa shape index (κ1) is 27.1. The minimum atomic E-state index is -4.37. The summed E-state index contributed by atoms with van der Waals surface area (Å²) in [5.74, 6) is 1.23. The number of hydrogen-bond donors (Lipinski definition) is 1. The van der Waals surface area contributed by atoms with E-state index in [4.69, 9.17) is 9.97 Å². The molecule has 6 nitrogen and oxygen atoms in total. The van der Waals surface area contributed by atoms with Gasteiger partial charge in [-0.25, -0.2) is 15.0 Å². The summed E-state index contributed by atoms with van der Waals surface area (Å²) in [6, 6.07) is 14.2. The predicted octanol–water partition coefficient (Wildman–Crippen LogP) is 7.31. The van der Waals surface area contributed by atoms with Crippen LogP contribution < -0.4 is 5.32 Å². The number of hydrogen-bond acceptors (Lipinski definition) is 6. The summed E-state index contributed by atoms with van der Waals surface area (Å²) in [5, 5.41) is 6.63. The van der Waals surface area contributed by atoms with E-state index in [0.29, 0.717) is 48.0 Å². The third-order valence-corrected chi connectivity index (χ3v) is 7.77. The maximum atomic E-state index is 13.0. The van der Waals surface area contributed by atoms with E-state index in [9.17, 15) is 13.2 Å². The average Bonchev–Trinajstić information content (AvgIpc) is 3.50. The maximum Gasteiger partial charge on any atom is 0.416 e. The van der Waals surface area contributed by atoms with Crippen molar-refractivity contribution in [3.05, 3.63) is 71.4 Å². The first-order valence-electron chi connectivity index (χ1n) is 13.0. The molecule has 1 N–H and O–H groups in total. The summed E-state index contributed by atoms with van der Waals surface area (Å²) >= 11 is 1.64. The number of anilines is 1. The Balaban J connectivity index is 1.52. The largest absolute Gasteiger partial charge is 0.416 e. The van der Waals surface area contributed by atoms with Crippen LogP contribution in [0.2, 0.25) is 0 Å². The SMILES string of the molecule is CC(C)N(CCNc1nc(-c2csc3ccccc23)nc2c1ncn2Cc1ccc(C(F)(F)F)cc1)C(C)C. The number of fused-ring (bicyclic) bond motifs is 2. The van der Waals surface area contributed by atoms with Crippen molar-refractivity contribution in [3.63, 3.8) is 0 Å². The predicted molar refractivity (Wildman–Crippen MR) is 152 cm³/mol. The molecule has 0 unspecified atom stereocenters. The number of halogens is 3. The van der Waals surface area contributed by atoms with Crippen LogP contribution in [0.3, 0.4) is 0 Å². The van der Waals surface area contributed by atoms with Crippen LogP contribution in [0.1, 0.15) is 38.8 Å². The van der Waals surface area contributed by atoms with Gasteiger partial charge >= 0.3 is 6.18 Å². The third kappa shape index (κ3) is 5.77. The van der Waals surface area contributed by atoms with E-state index >= 15 is 0 Å². The van der Waals surface area contributed by atoms with Gasteiger partial charge in [-0.15, -0.1) is 11.3 Å². The molecule has 0 radical (unpaired) electrons. The molecule has 0 atom stereocenters. The standard InChI is InChI=1S/C29H31F3N6S/c1-18(2)38(19(3)4)14-13-33-27-25-28(36-26(35-27)23-16-39-24-8-6-5-7-22(23)24)37(17-34-25)15-20-9-11-21(12-10-20)29(30,31)32/h5-12,16-19H,13-15H2,1-4H3,(H,33,35,36). The van der Waals surface area contributed by atoms with Gasteiger partial charge in [-0.05, 0) is 51.5 Å². The van der Waals surface area contributed by atoms with E-state index in [2.05, 4.69) is 60.4 Å². The lowest BCUT2D eigenvalue weighted by Gasteiger charge is -2.30. The molecule has 2 aromatic carbocycles. The number of aromatic nitrogens is 4. The third-order valence-electron chi connectivity index (χ3n) is 6.81. The van der Waals surface area contributed by atoms with Crippen molar-refractivity contribution in [2.24, 2.45) is 0 Å². The minimum absolute atomic E-state index is 0.337. The van der Waals surface area contributed by atoms with Crippen LogP contribution in [0.4, 0.5) is 19.0 Å². The van der Waals surface area contributed by atoms with E-state index in [-0.39, 0.29) is 0 Å². The molecule has 0 aliphatic carbocycles. The van der Waals surface area contributed by atoms with E-state index in [0.717, 1.165) is 39.9 Å². The Bertz CT molecular complexity index is 1560. The Kier molecular flexibility index (Phi) is 7.59. The molecule has 5 aromatic rings. The molecular formula is C29H31F3N6S. The van der Waals surface area contributed by atoms with Gasteiger partial charge in [0, 0.05) is 46.2 Å². The van der Waals surface area contributed by atoms with Gasteiger partial charge in [-0.1, -0.05) is 30.3 Å². The van der Waals surface area contributed by atoms with Crippen LogP contribution in [-0.2, 0) is 12.7 Å². The zero-order chi connectivity index (χ0) is 27.7. The monoisotopic (exact) mass is 552 g/mol. The topological polar surface area (TPSA) is 58.9 Å². The van der Waals surface area contributed by atoms with E-state index < -0.39 is 11.7 Å². The summed E-state index contributed by atoms with van der Waals surface area (Å²) in [4.78, 5) is 16.8. The number of rotatable bonds is 9. The second-order valence-corrected chi connectivity index (χ2v) is 11.0. The van der Waals surface area contributed by atoms with Gasteiger partial charge in [-0.2, -0.15) is 13.2 Å². The Labute approximate surface area is 229 Å². The highest BCUT2D eigenvalue weighted by Crippen LogP contribution is 2.34. The van der Waals surface area contributed by atoms with Gasteiger partial charge < -0.3 is 9.88 Å². The van der Waals surface area contributed by atoms with Crippen LogP contribution in [0, 0.1) is 0 Å². The van der Waals surface area contributed by atoms with Crippen LogP contribution in [-0.4, -0.2) is 49.6 Å². The molecule has 39 heavy (non-hydrogen) atoms. The highest BCUT2D eigenvalue weighted by molar-refractivity contribution is 7.17. The van der Waals surface area contributed by atoms with Crippen molar-refractivity contribution in [1.82, 2.24) is 24.4 Å². The lowest BCUT2D eigenvalue weighted by atomic mass is 10.1. The molecule has 0 amide bonds. The summed E-state index contributed by atoms with van der Waals surface area (Å²) in [5.41, 5.74) is 2.25. The summed E-state index contributed by atoms with van der Waals surface area (Å²) < 4.78 is 42.1. The Hall–Kier alpha value is -3.50.